The lowest BCUT2D eigenvalue weighted by atomic mass is 10.0. The summed E-state index contributed by atoms with van der Waals surface area (Å²) in [5.41, 5.74) is 1.15. The van der Waals surface area contributed by atoms with E-state index < -0.39 is 0 Å². The number of nitrogens with zero attached hydrogens (tertiary/aromatic N) is 1. The van der Waals surface area contributed by atoms with Crippen molar-refractivity contribution in [1.29, 1.82) is 0 Å². The first-order valence-electron chi connectivity index (χ1n) is 7.19. The monoisotopic (exact) mass is 348 g/mol. The predicted molar refractivity (Wildman–Crippen MR) is 93.5 cm³/mol. The van der Waals surface area contributed by atoms with Crippen LogP contribution < -0.4 is 5.32 Å². The van der Waals surface area contributed by atoms with E-state index in [1.807, 2.05) is 24.3 Å². The quantitative estimate of drug-likeness (QED) is 0.696. The zero-order valence-electron chi connectivity index (χ0n) is 11.7. The molecule has 3 nitrogen and oxygen atoms in total. The van der Waals surface area contributed by atoms with E-state index in [0.29, 0.717) is 15.0 Å². The molecule has 112 valence electrons. The second-order valence-electron chi connectivity index (χ2n) is 5.29. The van der Waals surface area contributed by atoms with Crippen LogP contribution in [0, 0.1) is 0 Å². The van der Waals surface area contributed by atoms with Gasteiger partial charge in [-0.05, 0) is 31.7 Å². The highest BCUT2D eigenvalue weighted by Gasteiger charge is 2.20. The van der Waals surface area contributed by atoms with Crippen LogP contribution in [0.15, 0.2) is 24.3 Å². The molecule has 4 rings (SSSR count). The number of fused-ring (bicyclic) bond motifs is 2. The molecule has 0 atom stereocenters. The van der Waals surface area contributed by atoms with E-state index in [0.717, 1.165) is 28.6 Å². The lowest BCUT2D eigenvalue weighted by Gasteiger charge is -2.06. The molecule has 2 heterocycles. The van der Waals surface area contributed by atoms with Gasteiger partial charge in [0.2, 0.25) is 0 Å². The normalized spacial score (nSPS) is 14.0. The lowest BCUT2D eigenvalue weighted by Crippen LogP contribution is -2.10. The van der Waals surface area contributed by atoms with Gasteiger partial charge in [-0.2, -0.15) is 0 Å². The molecule has 0 saturated carbocycles. The number of thiophene rings is 1. The minimum atomic E-state index is -0.169. The molecule has 1 aliphatic carbocycles. The van der Waals surface area contributed by atoms with Gasteiger partial charge in [0, 0.05) is 15.0 Å². The highest BCUT2D eigenvalue weighted by molar-refractivity contribution is 7.22. The van der Waals surface area contributed by atoms with E-state index in [4.69, 9.17) is 11.6 Å². The highest BCUT2D eigenvalue weighted by atomic mass is 35.5. The summed E-state index contributed by atoms with van der Waals surface area (Å²) in [5, 5.41) is 5.05. The Morgan fingerprint density at radius 3 is 2.82 bits per heavy atom. The van der Waals surface area contributed by atoms with Gasteiger partial charge in [-0.15, -0.1) is 22.7 Å². The predicted octanol–water partition coefficient (Wildman–Crippen LogP) is 5.14. The Bertz CT molecular complexity index is 845. The number of amides is 1. The summed E-state index contributed by atoms with van der Waals surface area (Å²) in [4.78, 5) is 18.9. The summed E-state index contributed by atoms with van der Waals surface area (Å²) in [6, 6.07) is 7.79. The van der Waals surface area contributed by atoms with Gasteiger partial charge in [-0.3, -0.25) is 10.1 Å². The smallest absolute Gasteiger partial charge is 0.269 e. The van der Waals surface area contributed by atoms with E-state index >= 15 is 0 Å². The van der Waals surface area contributed by atoms with Crippen molar-refractivity contribution in [1.82, 2.24) is 4.98 Å². The Hall–Kier alpha value is -1.43. The molecule has 0 radical (unpaired) electrons. The topological polar surface area (TPSA) is 42.0 Å². The van der Waals surface area contributed by atoms with Crippen molar-refractivity contribution in [2.24, 2.45) is 0 Å². The minimum Gasteiger partial charge on any atom is -0.297 e. The van der Waals surface area contributed by atoms with Crippen molar-refractivity contribution in [3.63, 3.8) is 0 Å². The van der Waals surface area contributed by atoms with Crippen molar-refractivity contribution in [2.45, 2.75) is 25.7 Å². The minimum absolute atomic E-state index is 0.169. The molecule has 1 N–H and O–H groups in total. The van der Waals surface area contributed by atoms with Gasteiger partial charge < -0.3 is 0 Å². The summed E-state index contributed by atoms with van der Waals surface area (Å²) >= 11 is 9.36. The maximum Gasteiger partial charge on any atom is 0.269 e. The van der Waals surface area contributed by atoms with Crippen LogP contribution in [-0.4, -0.2) is 10.9 Å². The highest BCUT2D eigenvalue weighted by Crippen LogP contribution is 2.36. The second kappa shape index (κ2) is 5.65. The lowest BCUT2D eigenvalue weighted by molar-refractivity contribution is 0.103. The van der Waals surface area contributed by atoms with Crippen LogP contribution in [-0.2, 0) is 12.8 Å². The Labute approximate surface area is 141 Å². The number of aryl methyl sites for hydroxylation is 2. The average Bonchev–Trinajstić information content (AvgIpc) is 3.08. The molecule has 22 heavy (non-hydrogen) atoms. The van der Waals surface area contributed by atoms with Gasteiger partial charge in [-0.25, -0.2) is 4.98 Å². The summed E-state index contributed by atoms with van der Waals surface area (Å²) in [7, 11) is 0. The molecule has 3 aromatic rings. The van der Waals surface area contributed by atoms with Crippen molar-refractivity contribution < 1.29 is 4.79 Å². The first kappa shape index (κ1) is 14.2. The van der Waals surface area contributed by atoms with Gasteiger partial charge in [0.1, 0.15) is 4.88 Å². The maximum atomic E-state index is 12.5. The van der Waals surface area contributed by atoms with E-state index in [9.17, 15) is 4.79 Å². The van der Waals surface area contributed by atoms with Crippen LogP contribution in [0.2, 0.25) is 5.02 Å². The molecular formula is C16H13ClN2OS2. The largest absolute Gasteiger partial charge is 0.297 e. The Kier molecular flexibility index (Phi) is 3.64. The molecule has 0 bridgehead atoms. The number of thiazole rings is 1. The molecule has 0 fully saturated rings. The molecular weight excluding hydrogens is 336 g/mol. The average molecular weight is 349 g/mol. The Morgan fingerprint density at radius 2 is 2.00 bits per heavy atom. The van der Waals surface area contributed by atoms with E-state index in [1.165, 1.54) is 29.1 Å². The zero-order chi connectivity index (χ0) is 15.1. The molecule has 1 aromatic carbocycles. The number of nitrogens with one attached hydrogen (secondary N) is 1. The van der Waals surface area contributed by atoms with E-state index in [-0.39, 0.29) is 5.91 Å². The van der Waals surface area contributed by atoms with Crippen molar-refractivity contribution >= 4 is 55.4 Å². The molecule has 0 spiro atoms. The van der Waals surface area contributed by atoms with Crippen molar-refractivity contribution in [3.8, 4) is 0 Å². The fraction of sp³-hybridized carbons (Fsp3) is 0.250. The van der Waals surface area contributed by atoms with Crippen LogP contribution >= 0.6 is 34.3 Å². The van der Waals surface area contributed by atoms with Crippen molar-refractivity contribution in [3.05, 3.63) is 44.7 Å². The third kappa shape index (κ3) is 2.43. The number of aromatic nitrogens is 1. The van der Waals surface area contributed by atoms with Gasteiger partial charge in [0.05, 0.1) is 10.7 Å². The van der Waals surface area contributed by atoms with Gasteiger partial charge >= 0.3 is 0 Å². The van der Waals surface area contributed by atoms with Crippen LogP contribution in [0.25, 0.3) is 10.1 Å². The number of carbonyl (C=O) groups is 1. The summed E-state index contributed by atoms with van der Waals surface area (Å²) in [5.74, 6) is -0.169. The van der Waals surface area contributed by atoms with Crippen LogP contribution in [0.3, 0.4) is 0 Å². The molecule has 2 aromatic heterocycles. The van der Waals surface area contributed by atoms with Gasteiger partial charge in [0.15, 0.2) is 5.13 Å². The number of carbonyl (C=O) groups excluding carboxylic acids is 1. The zero-order valence-corrected chi connectivity index (χ0v) is 14.1. The number of benzene rings is 1. The molecule has 0 saturated heterocycles. The standard InChI is InChI=1S/C16H13ClN2OS2/c17-13-9-5-1-3-7-11(9)21-14(13)15(20)19-16-18-10-6-2-4-8-12(10)22-16/h1,3,5,7H,2,4,6,8H2,(H,18,19,20). The Morgan fingerprint density at radius 1 is 1.18 bits per heavy atom. The summed E-state index contributed by atoms with van der Waals surface area (Å²) < 4.78 is 1.02. The van der Waals surface area contributed by atoms with Crippen LogP contribution in [0.1, 0.15) is 33.1 Å². The maximum absolute atomic E-state index is 12.5. The summed E-state index contributed by atoms with van der Waals surface area (Å²) in [6.45, 7) is 0. The van der Waals surface area contributed by atoms with Crippen molar-refractivity contribution in [2.75, 3.05) is 5.32 Å². The second-order valence-corrected chi connectivity index (χ2v) is 7.81. The molecule has 6 heteroatoms. The Balaban J connectivity index is 1.63. The molecule has 1 amide bonds. The van der Waals surface area contributed by atoms with Gasteiger partial charge in [-0.1, -0.05) is 29.8 Å². The number of halogens is 1. The molecule has 1 aliphatic rings. The third-order valence-corrected chi connectivity index (χ3v) is 6.55. The van der Waals surface area contributed by atoms with Gasteiger partial charge in [0.25, 0.3) is 5.91 Å². The van der Waals surface area contributed by atoms with Crippen LogP contribution in [0.5, 0.6) is 0 Å². The number of hydrogen-bond acceptors (Lipinski definition) is 4. The first-order chi connectivity index (χ1) is 10.7. The van der Waals surface area contributed by atoms with Crippen LogP contribution in [0.4, 0.5) is 5.13 Å². The fourth-order valence-corrected chi connectivity index (χ4v) is 5.18. The number of anilines is 1. The molecule has 0 unspecified atom stereocenters. The SMILES string of the molecule is O=C(Nc1nc2c(s1)CCCC2)c1sc2ccccc2c1Cl. The number of hydrogen-bond donors (Lipinski definition) is 1. The third-order valence-electron chi connectivity index (χ3n) is 3.81. The number of rotatable bonds is 2. The first-order valence-corrected chi connectivity index (χ1v) is 9.20. The van der Waals surface area contributed by atoms with E-state index in [2.05, 4.69) is 10.3 Å². The fourth-order valence-electron chi connectivity index (χ4n) is 2.72. The molecule has 0 aliphatic heterocycles. The summed E-state index contributed by atoms with van der Waals surface area (Å²) in [6.07, 6.45) is 4.49. The van der Waals surface area contributed by atoms with E-state index in [1.54, 1.807) is 11.3 Å².